The Morgan fingerprint density at radius 1 is 1.09 bits per heavy atom. The van der Waals surface area contributed by atoms with Gasteiger partial charge in [0.15, 0.2) is 4.32 Å². The third-order valence-corrected chi connectivity index (χ3v) is 4.73. The fourth-order valence-electron chi connectivity index (χ4n) is 2.28. The third kappa shape index (κ3) is 3.25. The Bertz CT molecular complexity index is 825. The van der Waals surface area contributed by atoms with Gasteiger partial charge in [-0.1, -0.05) is 60.4 Å². The van der Waals surface area contributed by atoms with Crippen LogP contribution in [0.2, 0.25) is 0 Å². The highest BCUT2D eigenvalue weighted by Crippen LogP contribution is 2.36. The first-order chi connectivity index (χ1) is 11.1. The Morgan fingerprint density at radius 3 is 2.43 bits per heavy atom. The Labute approximate surface area is 144 Å². The highest BCUT2D eigenvalue weighted by atomic mass is 32.2. The highest BCUT2D eigenvalue weighted by Gasteiger charge is 2.33. The van der Waals surface area contributed by atoms with Gasteiger partial charge in [-0.3, -0.25) is 14.5 Å². The number of carbonyl (C=O) groups excluding carboxylic acids is 2. The zero-order chi connectivity index (χ0) is 16.4. The van der Waals surface area contributed by atoms with Crippen molar-refractivity contribution in [1.29, 1.82) is 0 Å². The zero-order valence-corrected chi connectivity index (χ0v) is 14.0. The molecule has 0 spiro atoms. The molecule has 0 atom stereocenters. The van der Waals surface area contributed by atoms with Crippen LogP contribution in [0.4, 0.5) is 5.69 Å². The summed E-state index contributed by atoms with van der Waals surface area (Å²) in [4.78, 5) is 25.5. The number of anilines is 1. The summed E-state index contributed by atoms with van der Waals surface area (Å²) in [6.45, 7) is 1.98. The second-order valence-corrected chi connectivity index (χ2v) is 6.82. The van der Waals surface area contributed by atoms with Crippen LogP contribution in [-0.4, -0.2) is 16.5 Å². The van der Waals surface area contributed by atoms with Crippen molar-refractivity contribution < 1.29 is 9.59 Å². The molecule has 0 aromatic heterocycles. The number of thioether (sulfide) groups is 1. The number of benzene rings is 2. The molecule has 3 rings (SSSR count). The smallest absolute Gasteiger partial charge is 0.270 e. The molecule has 114 valence electrons. The molecule has 5 heteroatoms. The molecule has 0 bridgehead atoms. The maximum Gasteiger partial charge on any atom is 0.270 e. The Balaban J connectivity index is 1.91. The van der Waals surface area contributed by atoms with E-state index in [1.807, 2.05) is 43.3 Å². The van der Waals surface area contributed by atoms with E-state index in [1.54, 1.807) is 23.1 Å². The lowest BCUT2D eigenvalue weighted by molar-refractivity contribution is -0.113. The molecule has 0 N–H and O–H groups in total. The first-order valence-corrected chi connectivity index (χ1v) is 8.21. The molecule has 1 heterocycles. The van der Waals surface area contributed by atoms with Crippen molar-refractivity contribution in [2.45, 2.75) is 6.92 Å². The van der Waals surface area contributed by atoms with Crippen molar-refractivity contribution in [2.75, 3.05) is 4.90 Å². The number of thiocarbonyl (C=S) groups is 1. The molecule has 2 aromatic carbocycles. The number of aryl methyl sites for hydroxylation is 1. The van der Waals surface area contributed by atoms with E-state index in [0.29, 0.717) is 14.8 Å². The second kappa shape index (κ2) is 6.48. The quantitative estimate of drug-likeness (QED) is 0.477. The van der Waals surface area contributed by atoms with Gasteiger partial charge in [0.1, 0.15) is 6.29 Å². The van der Waals surface area contributed by atoms with Crippen LogP contribution >= 0.6 is 24.0 Å². The molecule has 3 nitrogen and oxygen atoms in total. The summed E-state index contributed by atoms with van der Waals surface area (Å²) < 4.78 is 0.524. The Hall–Kier alpha value is -2.24. The summed E-state index contributed by atoms with van der Waals surface area (Å²) in [6.07, 6.45) is 2.59. The minimum absolute atomic E-state index is 0.120. The van der Waals surface area contributed by atoms with Gasteiger partial charge in [-0.15, -0.1) is 0 Å². The van der Waals surface area contributed by atoms with E-state index in [1.165, 1.54) is 11.8 Å². The summed E-state index contributed by atoms with van der Waals surface area (Å²) in [5.41, 5.74) is 3.33. The third-order valence-electron chi connectivity index (χ3n) is 3.42. The van der Waals surface area contributed by atoms with Crippen molar-refractivity contribution in [3.8, 4) is 0 Å². The molecule has 0 saturated carbocycles. The number of hydrogen-bond acceptors (Lipinski definition) is 4. The van der Waals surface area contributed by atoms with Crippen LogP contribution in [0.5, 0.6) is 0 Å². The van der Waals surface area contributed by atoms with Crippen molar-refractivity contribution in [3.63, 3.8) is 0 Å². The number of carbonyl (C=O) groups is 2. The predicted octanol–water partition coefficient (Wildman–Crippen LogP) is 4.21. The van der Waals surface area contributed by atoms with Gasteiger partial charge in [-0.2, -0.15) is 0 Å². The topological polar surface area (TPSA) is 37.4 Å². The lowest BCUT2D eigenvalue weighted by atomic mass is 10.1. The predicted molar refractivity (Wildman–Crippen MR) is 98.7 cm³/mol. The van der Waals surface area contributed by atoms with Gasteiger partial charge < -0.3 is 0 Å². The highest BCUT2D eigenvalue weighted by molar-refractivity contribution is 8.27. The van der Waals surface area contributed by atoms with Gasteiger partial charge in [0.2, 0.25) is 0 Å². The van der Waals surface area contributed by atoms with Gasteiger partial charge in [0.05, 0.1) is 10.6 Å². The molecule has 0 aliphatic carbocycles. The van der Waals surface area contributed by atoms with Crippen LogP contribution in [0, 0.1) is 6.92 Å². The van der Waals surface area contributed by atoms with E-state index < -0.39 is 0 Å². The van der Waals surface area contributed by atoms with Crippen LogP contribution in [0.3, 0.4) is 0 Å². The minimum Gasteiger partial charge on any atom is -0.298 e. The maximum absolute atomic E-state index is 12.6. The molecular weight excluding hydrogens is 326 g/mol. The van der Waals surface area contributed by atoms with Gasteiger partial charge >= 0.3 is 0 Å². The first kappa shape index (κ1) is 15.6. The molecule has 1 aliphatic rings. The molecule has 1 aliphatic heterocycles. The number of nitrogens with zero attached hydrogens (tertiary/aromatic N) is 1. The molecule has 23 heavy (non-hydrogen) atoms. The molecule has 0 unspecified atom stereocenters. The van der Waals surface area contributed by atoms with Crippen LogP contribution in [-0.2, 0) is 4.79 Å². The summed E-state index contributed by atoms with van der Waals surface area (Å²) >= 11 is 6.64. The number of amides is 1. The van der Waals surface area contributed by atoms with Crippen molar-refractivity contribution in [2.24, 2.45) is 0 Å². The SMILES string of the molecule is Cc1cccc(N2C(=O)/C(=C\c3ccc(C=O)cc3)SC2=S)c1. The molecule has 2 aromatic rings. The van der Waals surface area contributed by atoms with Gasteiger partial charge in [0, 0.05) is 5.56 Å². The van der Waals surface area contributed by atoms with E-state index >= 15 is 0 Å². The van der Waals surface area contributed by atoms with E-state index in [-0.39, 0.29) is 5.91 Å². The lowest BCUT2D eigenvalue weighted by Gasteiger charge is -2.14. The van der Waals surface area contributed by atoms with E-state index in [9.17, 15) is 9.59 Å². The van der Waals surface area contributed by atoms with Gasteiger partial charge in [-0.05, 0) is 36.3 Å². The van der Waals surface area contributed by atoms with Crippen molar-refractivity contribution in [1.82, 2.24) is 0 Å². The molecule has 1 fully saturated rings. The normalized spacial score (nSPS) is 16.2. The first-order valence-electron chi connectivity index (χ1n) is 6.98. The number of aldehydes is 1. The van der Waals surface area contributed by atoms with Gasteiger partial charge in [0.25, 0.3) is 5.91 Å². The summed E-state index contributed by atoms with van der Waals surface area (Å²) in [6, 6.07) is 14.8. The van der Waals surface area contributed by atoms with Crippen LogP contribution in [0.1, 0.15) is 21.5 Å². The summed E-state index contributed by atoms with van der Waals surface area (Å²) in [5.74, 6) is -0.120. The number of hydrogen-bond donors (Lipinski definition) is 0. The van der Waals surface area contributed by atoms with Crippen LogP contribution in [0.25, 0.3) is 6.08 Å². The van der Waals surface area contributed by atoms with Crippen molar-refractivity contribution >= 4 is 52.3 Å². The fourth-order valence-corrected chi connectivity index (χ4v) is 3.58. The van der Waals surface area contributed by atoms with Crippen LogP contribution in [0.15, 0.2) is 53.4 Å². The van der Waals surface area contributed by atoms with Crippen molar-refractivity contribution in [3.05, 3.63) is 70.1 Å². The Kier molecular flexibility index (Phi) is 4.41. The van der Waals surface area contributed by atoms with E-state index in [4.69, 9.17) is 12.2 Å². The fraction of sp³-hybridized carbons (Fsp3) is 0.0556. The molecular formula is C18H13NO2S2. The summed E-state index contributed by atoms with van der Waals surface area (Å²) in [5, 5.41) is 0. The lowest BCUT2D eigenvalue weighted by Crippen LogP contribution is -2.27. The zero-order valence-electron chi connectivity index (χ0n) is 12.4. The average Bonchev–Trinajstić information content (AvgIpc) is 2.82. The maximum atomic E-state index is 12.6. The van der Waals surface area contributed by atoms with Crippen LogP contribution < -0.4 is 4.90 Å². The minimum atomic E-state index is -0.120. The molecule has 1 amide bonds. The van der Waals surface area contributed by atoms with E-state index in [0.717, 1.165) is 23.1 Å². The monoisotopic (exact) mass is 339 g/mol. The molecule has 0 radical (unpaired) electrons. The second-order valence-electron chi connectivity index (χ2n) is 5.14. The van der Waals surface area contributed by atoms with E-state index in [2.05, 4.69) is 0 Å². The Morgan fingerprint density at radius 2 is 1.78 bits per heavy atom. The average molecular weight is 339 g/mol. The molecule has 1 saturated heterocycles. The summed E-state index contributed by atoms with van der Waals surface area (Å²) in [7, 11) is 0. The standard InChI is InChI=1S/C18H13NO2S2/c1-12-3-2-4-15(9-12)19-17(21)16(23-18(19)22)10-13-5-7-14(11-20)8-6-13/h2-11H,1H3/b16-10+. The largest absolute Gasteiger partial charge is 0.298 e. The van der Waals surface area contributed by atoms with Gasteiger partial charge in [-0.25, -0.2) is 0 Å². The number of rotatable bonds is 3.